The zero-order valence-electron chi connectivity index (χ0n) is 21.3. The first kappa shape index (κ1) is 25.2. The van der Waals surface area contributed by atoms with Crippen LogP contribution in [0, 0.1) is 12.1 Å². The van der Waals surface area contributed by atoms with Crippen molar-refractivity contribution >= 4 is 10.8 Å². The van der Waals surface area contributed by atoms with Crippen molar-refractivity contribution < 1.29 is 25.8 Å². The standard InChI is InChI=1S/C35H24N2O.Pt/c1-2-35(26-11-9-12-27(23-26)38-33-16-7-8-20-36-33)31-15-6-5-14-29(31)30-18-17-25(22-32(30)35)34-28-13-4-3-10-24(28)19-21-37-34;/h3-21H,2H2,1H3;/q-2;+2. The molecule has 190 valence electrons. The molecular weight excluding hydrogens is 659 g/mol. The molecule has 0 N–H and O–H groups in total. The fraction of sp³-hybridized carbons (Fsp3) is 0.0857. The maximum Gasteiger partial charge on any atom is 2.00 e. The van der Waals surface area contributed by atoms with Gasteiger partial charge in [0.1, 0.15) is 0 Å². The molecule has 3 nitrogen and oxygen atoms in total. The number of benzene rings is 4. The molecule has 6 aromatic rings. The Bertz CT molecular complexity index is 1800. The van der Waals surface area contributed by atoms with Crippen LogP contribution < -0.4 is 4.74 Å². The number of fused-ring (bicyclic) bond motifs is 4. The molecule has 4 heteroatoms. The van der Waals surface area contributed by atoms with Crippen molar-refractivity contribution in [3.63, 3.8) is 0 Å². The number of aromatic nitrogens is 2. The Hall–Kier alpha value is -4.07. The fourth-order valence-corrected chi connectivity index (χ4v) is 5.87. The first-order valence-corrected chi connectivity index (χ1v) is 12.9. The minimum Gasteiger partial charge on any atom is -0.466 e. The molecule has 0 saturated carbocycles. The van der Waals surface area contributed by atoms with E-state index in [0.717, 1.165) is 34.2 Å². The van der Waals surface area contributed by atoms with Gasteiger partial charge in [-0.25, -0.2) is 4.98 Å². The van der Waals surface area contributed by atoms with Crippen molar-refractivity contribution in [3.8, 4) is 34.0 Å². The number of hydrogen-bond acceptors (Lipinski definition) is 3. The topological polar surface area (TPSA) is 35.0 Å². The van der Waals surface area contributed by atoms with Crippen LogP contribution in [0.25, 0.3) is 33.2 Å². The zero-order chi connectivity index (χ0) is 25.5. The Balaban J connectivity index is 0.00000277. The average molecular weight is 684 g/mol. The van der Waals surface area contributed by atoms with Crippen molar-refractivity contribution in [1.29, 1.82) is 0 Å². The maximum atomic E-state index is 6.10. The summed E-state index contributed by atoms with van der Waals surface area (Å²) in [6.07, 6.45) is 4.46. The van der Waals surface area contributed by atoms with E-state index in [1.807, 2.05) is 36.5 Å². The normalized spacial score (nSPS) is 15.3. The predicted molar refractivity (Wildman–Crippen MR) is 151 cm³/mol. The monoisotopic (exact) mass is 683 g/mol. The van der Waals surface area contributed by atoms with Crippen molar-refractivity contribution in [2.75, 3.05) is 0 Å². The summed E-state index contributed by atoms with van der Waals surface area (Å²) in [5.74, 6) is 1.20. The third kappa shape index (κ3) is 4.09. The Kier molecular flexibility index (Phi) is 6.62. The zero-order valence-corrected chi connectivity index (χ0v) is 23.6. The number of nitrogens with zero attached hydrogens (tertiary/aromatic N) is 2. The fourth-order valence-electron chi connectivity index (χ4n) is 5.87. The Morgan fingerprint density at radius 2 is 1.56 bits per heavy atom. The minimum absolute atomic E-state index is 0. The molecule has 39 heavy (non-hydrogen) atoms. The molecule has 0 fully saturated rings. The first-order chi connectivity index (χ1) is 18.8. The molecule has 0 amide bonds. The smallest absolute Gasteiger partial charge is 0.466 e. The van der Waals surface area contributed by atoms with E-state index >= 15 is 0 Å². The molecule has 4 aromatic carbocycles. The van der Waals surface area contributed by atoms with Crippen LogP contribution in [0.5, 0.6) is 11.6 Å². The van der Waals surface area contributed by atoms with Crippen molar-refractivity contribution in [1.82, 2.24) is 9.97 Å². The van der Waals surface area contributed by atoms with Gasteiger partial charge in [-0.3, -0.25) is 0 Å². The van der Waals surface area contributed by atoms with Gasteiger partial charge in [0.15, 0.2) is 0 Å². The quantitative estimate of drug-likeness (QED) is 0.171. The van der Waals surface area contributed by atoms with E-state index in [0.29, 0.717) is 11.6 Å². The molecule has 0 radical (unpaired) electrons. The number of rotatable bonds is 5. The van der Waals surface area contributed by atoms with Crippen LogP contribution >= 0.6 is 0 Å². The molecule has 1 unspecified atom stereocenters. The van der Waals surface area contributed by atoms with Gasteiger partial charge >= 0.3 is 21.1 Å². The van der Waals surface area contributed by atoms with Crippen LogP contribution in [0.3, 0.4) is 0 Å². The van der Waals surface area contributed by atoms with E-state index in [9.17, 15) is 0 Å². The summed E-state index contributed by atoms with van der Waals surface area (Å²) in [5.41, 5.74) is 7.44. The number of ether oxygens (including phenoxy) is 1. The van der Waals surface area contributed by atoms with E-state index in [1.54, 1.807) is 6.20 Å². The van der Waals surface area contributed by atoms with E-state index in [1.165, 1.54) is 22.1 Å². The Labute approximate surface area is 242 Å². The van der Waals surface area contributed by atoms with Gasteiger partial charge < -0.3 is 9.72 Å². The van der Waals surface area contributed by atoms with Crippen LogP contribution in [-0.4, -0.2) is 9.97 Å². The van der Waals surface area contributed by atoms with Gasteiger partial charge in [0.25, 0.3) is 0 Å². The second-order valence-corrected chi connectivity index (χ2v) is 9.54. The van der Waals surface area contributed by atoms with Gasteiger partial charge in [-0.05, 0) is 40.6 Å². The van der Waals surface area contributed by atoms with Gasteiger partial charge in [-0.2, -0.15) is 12.1 Å². The predicted octanol–water partition coefficient (Wildman–Crippen LogP) is 8.41. The van der Waals surface area contributed by atoms with Crippen LogP contribution in [0.4, 0.5) is 0 Å². The van der Waals surface area contributed by atoms with Gasteiger partial charge in [-0.15, -0.1) is 47.0 Å². The van der Waals surface area contributed by atoms with Gasteiger partial charge in [0.05, 0.1) is 0 Å². The summed E-state index contributed by atoms with van der Waals surface area (Å²) in [4.78, 5) is 9.12. The molecule has 0 saturated heterocycles. The van der Waals surface area contributed by atoms with E-state index in [4.69, 9.17) is 9.72 Å². The second-order valence-electron chi connectivity index (χ2n) is 9.54. The molecule has 1 aliphatic rings. The van der Waals surface area contributed by atoms with Gasteiger partial charge in [-0.1, -0.05) is 72.6 Å². The first-order valence-electron chi connectivity index (χ1n) is 12.9. The minimum atomic E-state index is -0.421. The summed E-state index contributed by atoms with van der Waals surface area (Å²) in [6, 6.07) is 42.7. The number of pyridine rings is 2. The largest absolute Gasteiger partial charge is 2.00 e. The maximum absolute atomic E-state index is 6.10. The molecule has 7 rings (SSSR count). The van der Waals surface area contributed by atoms with Gasteiger partial charge in [0, 0.05) is 29.6 Å². The summed E-state index contributed by atoms with van der Waals surface area (Å²) in [6.45, 7) is 2.24. The van der Waals surface area contributed by atoms with Crippen molar-refractivity contribution in [3.05, 3.63) is 144 Å². The molecule has 1 atom stereocenters. The average Bonchev–Trinajstić information content (AvgIpc) is 3.27. The summed E-state index contributed by atoms with van der Waals surface area (Å²) in [5, 5.41) is 2.30. The molecule has 2 heterocycles. The Morgan fingerprint density at radius 1 is 0.718 bits per heavy atom. The second kappa shape index (κ2) is 10.2. The van der Waals surface area contributed by atoms with Gasteiger partial charge in [0.2, 0.25) is 5.88 Å². The van der Waals surface area contributed by atoms with E-state index in [-0.39, 0.29) is 21.1 Å². The van der Waals surface area contributed by atoms with Crippen LogP contribution in [0.1, 0.15) is 30.0 Å². The molecular formula is C35H24N2OPt. The van der Waals surface area contributed by atoms with Crippen LogP contribution in [-0.2, 0) is 26.5 Å². The molecule has 2 aromatic heterocycles. The molecule has 0 aliphatic heterocycles. The third-order valence-electron chi connectivity index (χ3n) is 7.59. The van der Waals surface area contributed by atoms with Crippen LogP contribution in [0.15, 0.2) is 116 Å². The van der Waals surface area contributed by atoms with E-state index < -0.39 is 5.41 Å². The summed E-state index contributed by atoms with van der Waals surface area (Å²) in [7, 11) is 0. The summed E-state index contributed by atoms with van der Waals surface area (Å²) < 4.78 is 6.10. The van der Waals surface area contributed by atoms with Crippen molar-refractivity contribution in [2.24, 2.45) is 0 Å². The van der Waals surface area contributed by atoms with E-state index in [2.05, 4.69) is 96.8 Å². The Morgan fingerprint density at radius 3 is 2.44 bits per heavy atom. The van der Waals surface area contributed by atoms with Crippen LogP contribution in [0.2, 0.25) is 0 Å². The number of hydrogen-bond donors (Lipinski definition) is 0. The third-order valence-corrected chi connectivity index (χ3v) is 7.59. The van der Waals surface area contributed by atoms with Crippen molar-refractivity contribution in [2.45, 2.75) is 18.8 Å². The molecule has 0 spiro atoms. The SMILES string of the molecule is CCC1(c2[c-]c(Oc3ccccn3)ccc2)c2[c-]c(-c3nccc4ccccc34)ccc2-c2ccccc21.[Pt+2]. The molecule has 0 bridgehead atoms. The summed E-state index contributed by atoms with van der Waals surface area (Å²) >= 11 is 0. The molecule has 1 aliphatic carbocycles.